The Morgan fingerprint density at radius 3 is 2.86 bits per heavy atom. The van der Waals surface area contributed by atoms with Crippen molar-refractivity contribution in [1.29, 1.82) is 0 Å². The third-order valence-electron chi connectivity index (χ3n) is 3.50. The van der Waals surface area contributed by atoms with Crippen LogP contribution in [0.15, 0.2) is 42.5 Å². The number of nitrogens with one attached hydrogen (secondary N) is 2. The van der Waals surface area contributed by atoms with Gasteiger partial charge in [-0.25, -0.2) is 10.5 Å². The highest BCUT2D eigenvalue weighted by Gasteiger charge is 2.11. The molecule has 3 N–H and O–H groups in total. The Hall–Kier alpha value is -2.66. The lowest BCUT2D eigenvalue weighted by molar-refractivity contribution is 0.0706. The van der Waals surface area contributed by atoms with E-state index in [1.807, 2.05) is 18.2 Å². The second-order valence-electron chi connectivity index (χ2n) is 4.77. The predicted octanol–water partition coefficient (Wildman–Crippen LogP) is 2.91. The number of aromatic nitrogens is 2. The van der Waals surface area contributed by atoms with E-state index < -0.39 is 5.91 Å². The first-order chi connectivity index (χ1) is 10.2. The van der Waals surface area contributed by atoms with Gasteiger partial charge in [-0.3, -0.25) is 10.0 Å². The first-order valence-electron chi connectivity index (χ1n) is 6.75. The van der Waals surface area contributed by atoms with Gasteiger partial charge in [0.25, 0.3) is 5.91 Å². The van der Waals surface area contributed by atoms with Crippen LogP contribution in [0, 0.1) is 0 Å². The average molecular weight is 281 g/mol. The molecule has 0 aliphatic heterocycles. The van der Waals surface area contributed by atoms with E-state index in [0.29, 0.717) is 5.56 Å². The lowest BCUT2D eigenvalue weighted by Crippen LogP contribution is -2.18. The molecule has 5 nitrogen and oxygen atoms in total. The summed E-state index contributed by atoms with van der Waals surface area (Å²) in [6.07, 6.45) is 0.922. The molecule has 1 heterocycles. The fourth-order valence-corrected chi connectivity index (χ4v) is 2.40. The smallest absolute Gasteiger partial charge is 0.274 e. The molecular formula is C16H15N3O2. The van der Waals surface area contributed by atoms with Gasteiger partial charge in [-0.05, 0) is 30.2 Å². The highest BCUT2D eigenvalue weighted by molar-refractivity contribution is 5.97. The van der Waals surface area contributed by atoms with Gasteiger partial charge in [0, 0.05) is 11.1 Å². The lowest BCUT2D eigenvalue weighted by Gasteiger charge is -2.03. The summed E-state index contributed by atoms with van der Waals surface area (Å²) in [4.78, 5) is 19.2. The van der Waals surface area contributed by atoms with E-state index >= 15 is 0 Å². The Kier molecular flexibility index (Phi) is 3.41. The molecule has 3 rings (SSSR count). The number of rotatable bonds is 3. The van der Waals surface area contributed by atoms with Gasteiger partial charge in [0.15, 0.2) is 0 Å². The molecule has 106 valence electrons. The van der Waals surface area contributed by atoms with Crippen molar-refractivity contribution >= 4 is 16.9 Å². The van der Waals surface area contributed by atoms with E-state index in [1.165, 1.54) is 5.56 Å². The number of aromatic amines is 1. The minimum atomic E-state index is -0.540. The molecule has 0 fully saturated rings. The standard InChI is InChI=1S/C16H15N3O2/c1-2-10-5-3-4-6-12(10)15-17-13-8-7-11(16(20)19-21)9-14(13)18-15/h3-9,21H,2H2,1H3,(H,17,18)(H,19,20). The zero-order chi connectivity index (χ0) is 14.8. The normalized spacial score (nSPS) is 10.8. The van der Waals surface area contributed by atoms with E-state index in [9.17, 15) is 4.79 Å². The summed E-state index contributed by atoms with van der Waals surface area (Å²) in [7, 11) is 0. The number of hydrogen-bond donors (Lipinski definition) is 3. The van der Waals surface area contributed by atoms with Crippen LogP contribution in [0.3, 0.4) is 0 Å². The maximum atomic E-state index is 11.4. The number of nitrogens with zero attached hydrogens (tertiary/aromatic N) is 1. The molecule has 0 bridgehead atoms. The van der Waals surface area contributed by atoms with Crippen LogP contribution < -0.4 is 5.48 Å². The minimum Gasteiger partial charge on any atom is -0.338 e. The summed E-state index contributed by atoms with van der Waals surface area (Å²) in [5, 5.41) is 8.69. The highest BCUT2D eigenvalue weighted by Crippen LogP contribution is 2.24. The van der Waals surface area contributed by atoms with Gasteiger partial charge in [0.2, 0.25) is 0 Å². The number of benzene rings is 2. The molecule has 0 saturated carbocycles. The molecule has 0 aliphatic carbocycles. The molecule has 0 atom stereocenters. The first-order valence-corrected chi connectivity index (χ1v) is 6.75. The third-order valence-corrected chi connectivity index (χ3v) is 3.50. The van der Waals surface area contributed by atoms with Crippen molar-refractivity contribution in [2.75, 3.05) is 0 Å². The number of hydrogen-bond acceptors (Lipinski definition) is 3. The summed E-state index contributed by atoms with van der Waals surface area (Å²) in [5.74, 6) is 0.242. The molecular weight excluding hydrogens is 266 g/mol. The van der Waals surface area contributed by atoms with Gasteiger partial charge in [-0.2, -0.15) is 0 Å². The van der Waals surface area contributed by atoms with Crippen molar-refractivity contribution < 1.29 is 10.0 Å². The quantitative estimate of drug-likeness (QED) is 0.510. The van der Waals surface area contributed by atoms with E-state index in [4.69, 9.17) is 5.21 Å². The van der Waals surface area contributed by atoms with Crippen LogP contribution in [0.25, 0.3) is 22.4 Å². The zero-order valence-corrected chi connectivity index (χ0v) is 11.6. The van der Waals surface area contributed by atoms with Crippen molar-refractivity contribution in [2.24, 2.45) is 0 Å². The zero-order valence-electron chi connectivity index (χ0n) is 11.6. The van der Waals surface area contributed by atoms with E-state index in [0.717, 1.165) is 28.8 Å². The third kappa shape index (κ3) is 2.39. The van der Waals surface area contributed by atoms with Crippen LogP contribution in [-0.2, 0) is 6.42 Å². The van der Waals surface area contributed by atoms with Crippen LogP contribution >= 0.6 is 0 Å². The maximum Gasteiger partial charge on any atom is 0.274 e. The molecule has 0 saturated heterocycles. The van der Waals surface area contributed by atoms with Crippen LogP contribution in [0.2, 0.25) is 0 Å². The molecule has 2 aromatic carbocycles. The lowest BCUT2D eigenvalue weighted by atomic mass is 10.1. The Morgan fingerprint density at radius 2 is 2.10 bits per heavy atom. The number of fused-ring (bicyclic) bond motifs is 1. The fraction of sp³-hybridized carbons (Fsp3) is 0.125. The molecule has 0 radical (unpaired) electrons. The molecule has 0 unspecified atom stereocenters. The summed E-state index contributed by atoms with van der Waals surface area (Å²) in [5.41, 5.74) is 5.82. The number of carbonyl (C=O) groups is 1. The minimum absolute atomic E-state index is 0.379. The summed E-state index contributed by atoms with van der Waals surface area (Å²) < 4.78 is 0. The largest absolute Gasteiger partial charge is 0.338 e. The Labute approximate surface area is 121 Å². The monoisotopic (exact) mass is 281 g/mol. The summed E-state index contributed by atoms with van der Waals surface area (Å²) in [6.45, 7) is 2.10. The molecule has 0 aliphatic rings. The van der Waals surface area contributed by atoms with Crippen LogP contribution in [0.5, 0.6) is 0 Å². The highest BCUT2D eigenvalue weighted by atomic mass is 16.5. The van der Waals surface area contributed by atoms with E-state index in [2.05, 4.69) is 23.0 Å². The summed E-state index contributed by atoms with van der Waals surface area (Å²) >= 11 is 0. The number of imidazole rings is 1. The number of H-pyrrole nitrogens is 1. The Balaban J connectivity index is 2.11. The molecule has 21 heavy (non-hydrogen) atoms. The number of aryl methyl sites for hydroxylation is 1. The number of hydroxylamine groups is 1. The van der Waals surface area contributed by atoms with E-state index in [-0.39, 0.29) is 0 Å². The van der Waals surface area contributed by atoms with Gasteiger partial charge < -0.3 is 4.98 Å². The maximum absolute atomic E-state index is 11.4. The van der Waals surface area contributed by atoms with Crippen molar-refractivity contribution in [3.63, 3.8) is 0 Å². The van der Waals surface area contributed by atoms with Crippen LogP contribution in [0.4, 0.5) is 0 Å². The molecule has 1 amide bonds. The average Bonchev–Trinajstić information content (AvgIpc) is 2.96. The molecule has 3 aromatic rings. The Bertz CT molecular complexity index is 808. The van der Waals surface area contributed by atoms with Crippen LogP contribution in [-0.4, -0.2) is 21.1 Å². The topological polar surface area (TPSA) is 78.0 Å². The second-order valence-corrected chi connectivity index (χ2v) is 4.77. The molecule has 5 heteroatoms. The fourth-order valence-electron chi connectivity index (χ4n) is 2.40. The molecule has 0 spiro atoms. The van der Waals surface area contributed by atoms with Gasteiger partial charge in [0.05, 0.1) is 11.0 Å². The number of amides is 1. The van der Waals surface area contributed by atoms with Crippen molar-refractivity contribution in [1.82, 2.24) is 15.4 Å². The summed E-state index contributed by atoms with van der Waals surface area (Å²) in [6, 6.07) is 13.1. The van der Waals surface area contributed by atoms with Crippen molar-refractivity contribution in [2.45, 2.75) is 13.3 Å². The Morgan fingerprint density at radius 1 is 1.29 bits per heavy atom. The van der Waals surface area contributed by atoms with Crippen molar-refractivity contribution in [3.05, 3.63) is 53.6 Å². The van der Waals surface area contributed by atoms with Gasteiger partial charge in [0.1, 0.15) is 5.82 Å². The molecule has 1 aromatic heterocycles. The predicted molar refractivity (Wildman–Crippen MR) is 80.2 cm³/mol. The van der Waals surface area contributed by atoms with Crippen molar-refractivity contribution in [3.8, 4) is 11.4 Å². The van der Waals surface area contributed by atoms with Crippen LogP contribution in [0.1, 0.15) is 22.8 Å². The van der Waals surface area contributed by atoms with Gasteiger partial charge in [-0.1, -0.05) is 31.2 Å². The van der Waals surface area contributed by atoms with E-state index in [1.54, 1.807) is 23.7 Å². The second kappa shape index (κ2) is 5.38. The van der Waals surface area contributed by atoms with Gasteiger partial charge in [-0.15, -0.1) is 0 Å². The number of carbonyl (C=O) groups excluding carboxylic acids is 1. The van der Waals surface area contributed by atoms with Gasteiger partial charge >= 0.3 is 0 Å². The first kappa shape index (κ1) is 13.3. The SMILES string of the molecule is CCc1ccccc1-c1nc2ccc(C(=O)NO)cc2[nH]1.